The first-order chi connectivity index (χ1) is 11.1. The molecule has 2 rings (SSSR count). The summed E-state index contributed by atoms with van der Waals surface area (Å²) in [6.07, 6.45) is 0. The van der Waals surface area contributed by atoms with Gasteiger partial charge >= 0.3 is 0 Å². The third-order valence-corrected chi connectivity index (χ3v) is 3.83. The number of nitrogens with one attached hydrogen (secondary N) is 2. The molecular weight excluding hydrogens is 284 g/mol. The van der Waals surface area contributed by atoms with Crippen LogP contribution in [0.2, 0.25) is 0 Å². The van der Waals surface area contributed by atoms with E-state index in [4.69, 9.17) is 0 Å². The van der Waals surface area contributed by atoms with Gasteiger partial charge < -0.3 is 10.6 Å². The van der Waals surface area contributed by atoms with Crippen LogP contribution in [0.3, 0.4) is 0 Å². The number of aliphatic imine (C=N–C) groups is 1. The molecule has 1 aromatic heterocycles. The van der Waals surface area contributed by atoms with Crippen molar-refractivity contribution in [2.24, 2.45) is 4.99 Å². The van der Waals surface area contributed by atoms with Gasteiger partial charge in [-0.1, -0.05) is 42.8 Å². The predicted molar refractivity (Wildman–Crippen MR) is 96.8 cm³/mol. The quantitative estimate of drug-likeness (QED) is 0.659. The Hall–Kier alpha value is -2.36. The number of rotatable bonds is 5. The highest BCUT2D eigenvalue weighted by molar-refractivity contribution is 5.79. The number of guanidine groups is 1. The first kappa shape index (κ1) is 17.0. The Bertz CT molecular complexity index is 647. The van der Waals surface area contributed by atoms with Gasteiger partial charge in [-0.25, -0.2) is 0 Å². The van der Waals surface area contributed by atoms with Gasteiger partial charge in [0.15, 0.2) is 5.96 Å². The minimum Gasteiger partial charge on any atom is -0.356 e. The molecule has 1 heterocycles. The summed E-state index contributed by atoms with van der Waals surface area (Å²) in [7, 11) is 1.79. The number of aryl methyl sites for hydroxylation is 2. The lowest BCUT2D eigenvalue weighted by atomic mass is 10.0. The van der Waals surface area contributed by atoms with Gasteiger partial charge in [0.2, 0.25) is 0 Å². The van der Waals surface area contributed by atoms with Gasteiger partial charge in [-0.2, -0.15) is 0 Å². The summed E-state index contributed by atoms with van der Waals surface area (Å²) >= 11 is 0. The summed E-state index contributed by atoms with van der Waals surface area (Å²) in [5.74, 6) is 1.22. The minimum absolute atomic E-state index is 0.422. The van der Waals surface area contributed by atoms with Crippen LogP contribution in [0.5, 0.6) is 0 Å². The van der Waals surface area contributed by atoms with E-state index in [-0.39, 0.29) is 0 Å². The molecule has 0 radical (unpaired) electrons. The summed E-state index contributed by atoms with van der Waals surface area (Å²) in [5.41, 5.74) is 4.66. The van der Waals surface area contributed by atoms with Crippen LogP contribution in [-0.2, 0) is 6.54 Å². The minimum atomic E-state index is 0.422. The van der Waals surface area contributed by atoms with Crippen molar-refractivity contribution in [1.29, 1.82) is 0 Å². The number of pyridine rings is 1. The SMILES string of the molecule is CN=C(NCc1cccc(C)n1)NCC(C)c1ccc(C)cc1. The fraction of sp³-hybridized carbons (Fsp3) is 0.368. The van der Waals surface area contributed by atoms with E-state index in [1.165, 1.54) is 11.1 Å². The highest BCUT2D eigenvalue weighted by atomic mass is 15.2. The van der Waals surface area contributed by atoms with Gasteiger partial charge in [0.1, 0.15) is 0 Å². The molecule has 0 saturated heterocycles. The summed E-state index contributed by atoms with van der Waals surface area (Å²) in [4.78, 5) is 8.76. The van der Waals surface area contributed by atoms with Crippen molar-refractivity contribution in [2.75, 3.05) is 13.6 Å². The molecule has 1 aromatic carbocycles. The van der Waals surface area contributed by atoms with Crippen molar-refractivity contribution < 1.29 is 0 Å². The normalized spacial score (nSPS) is 12.8. The van der Waals surface area contributed by atoms with E-state index in [9.17, 15) is 0 Å². The second kappa shape index (κ2) is 8.32. The van der Waals surface area contributed by atoms with Crippen LogP contribution in [0.15, 0.2) is 47.5 Å². The third-order valence-electron chi connectivity index (χ3n) is 3.83. The zero-order valence-electron chi connectivity index (χ0n) is 14.4. The Balaban J connectivity index is 1.84. The van der Waals surface area contributed by atoms with E-state index < -0.39 is 0 Å². The van der Waals surface area contributed by atoms with Crippen molar-refractivity contribution in [3.05, 3.63) is 65.0 Å². The summed E-state index contributed by atoms with van der Waals surface area (Å²) in [6.45, 7) is 7.83. The Morgan fingerprint density at radius 2 is 1.83 bits per heavy atom. The van der Waals surface area contributed by atoms with E-state index in [2.05, 4.69) is 58.7 Å². The molecule has 0 aliphatic rings. The molecular formula is C19H26N4. The van der Waals surface area contributed by atoms with E-state index >= 15 is 0 Å². The maximum atomic E-state index is 4.49. The van der Waals surface area contributed by atoms with Crippen molar-refractivity contribution in [1.82, 2.24) is 15.6 Å². The summed E-state index contributed by atoms with van der Waals surface area (Å²) in [6, 6.07) is 14.7. The van der Waals surface area contributed by atoms with E-state index in [1.807, 2.05) is 25.1 Å². The molecule has 0 aliphatic heterocycles. The molecule has 2 N–H and O–H groups in total. The lowest BCUT2D eigenvalue weighted by Crippen LogP contribution is -2.38. The zero-order chi connectivity index (χ0) is 16.7. The van der Waals surface area contributed by atoms with Crippen LogP contribution in [0.25, 0.3) is 0 Å². The number of benzene rings is 1. The lowest BCUT2D eigenvalue weighted by Gasteiger charge is -2.16. The second-order valence-electron chi connectivity index (χ2n) is 5.89. The van der Waals surface area contributed by atoms with Gasteiger partial charge in [0.25, 0.3) is 0 Å². The van der Waals surface area contributed by atoms with E-state index in [1.54, 1.807) is 7.05 Å². The van der Waals surface area contributed by atoms with Gasteiger partial charge in [0, 0.05) is 19.3 Å². The van der Waals surface area contributed by atoms with Gasteiger partial charge in [-0.3, -0.25) is 9.98 Å². The van der Waals surface area contributed by atoms with E-state index in [0.717, 1.165) is 23.9 Å². The Labute approximate surface area is 139 Å². The van der Waals surface area contributed by atoms with Crippen LogP contribution in [0.4, 0.5) is 0 Å². The van der Waals surface area contributed by atoms with Crippen molar-refractivity contribution in [3.8, 4) is 0 Å². The summed E-state index contributed by atoms with van der Waals surface area (Å²) in [5, 5.41) is 6.68. The largest absolute Gasteiger partial charge is 0.356 e. The average Bonchev–Trinajstić information content (AvgIpc) is 2.55. The average molecular weight is 310 g/mol. The smallest absolute Gasteiger partial charge is 0.191 e. The first-order valence-corrected chi connectivity index (χ1v) is 8.02. The Kier molecular flexibility index (Phi) is 6.15. The molecule has 0 aliphatic carbocycles. The molecule has 1 atom stereocenters. The monoisotopic (exact) mass is 310 g/mol. The fourth-order valence-electron chi connectivity index (χ4n) is 2.36. The molecule has 0 saturated carbocycles. The Morgan fingerprint density at radius 3 is 2.48 bits per heavy atom. The van der Waals surface area contributed by atoms with Crippen LogP contribution < -0.4 is 10.6 Å². The number of aromatic nitrogens is 1. The molecule has 1 unspecified atom stereocenters. The molecule has 4 nitrogen and oxygen atoms in total. The molecule has 122 valence electrons. The number of nitrogens with zero attached hydrogens (tertiary/aromatic N) is 2. The molecule has 0 amide bonds. The number of hydrogen-bond donors (Lipinski definition) is 2. The summed E-state index contributed by atoms with van der Waals surface area (Å²) < 4.78 is 0. The lowest BCUT2D eigenvalue weighted by molar-refractivity contribution is 0.696. The molecule has 4 heteroatoms. The van der Waals surface area contributed by atoms with E-state index in [0.29, 0.717) is 12.5 Å². The number of hydrogen-bond acceptors (Lipinski definition) is 2. The van der Waals surface area contributed by atoms with Crippen molar-refractivity contribution in [3.63, 3.8) is 0 Å². The van der Waals surface area contributed by atoms with Crippen LogP contribution in [0, 0.1) is 13.8 Å². The maximum absolute atomic E-state index is 4.49. The fourth-order valence-corrected chi connectivity index (χ4v) is 2.36. The maximum Gasteiger partial charge on any atom is 0.191 e. The standard InChI is InChI=1S/C19H26N4/c1-14-8-10-17(11-9-14)15(2)12-21-19(20-4)22-13-18-7-5-6-16(3)23-18/h5-11,15H,12-13H2,1-4H3,(H2,20,21,22). The van der Waals surface area contributed by atoms with Crippen molar-refractivity contribution in [2.45, 2.75) is 33.2 Å². The molecule has 2 aromatic rings. The third kappa shape index (κ3) is 5.40. The second-order valence-corrected chi connectivity index (χ2v) is 5.89. The van der Waals surface area contributed by atoms with Gasteiger partial charge in [0.05, 0.1) is 12.2 Å². The predicted octanol–water partition coefficient (Wildman–Crippen LogP) is 3.17. The van der Waals surface area contributed by atoms with Crippen LogP contribution in [-0.4, -0.2) is 24.5 Å². The zero-order valence-corrected chi connectivity index (χ0v) is 14.4. The molecule has 0 spiro atoms. The van der Waals surface area contributed by atoms with Gasteiger partial charge in [-0.15, -0.1) is 0 Å². The highest BCUT2D eigenvalue weighted by Gasteiger charge is 2.06. The van der Waals surface area contributed by atoms with Crippen molar-refractivity contribution >= 4 is 5.96 Å². The van der Waals surface area contributed by atoms with Crippen LogP contribution in [0.1, 0.15) is 35.4 Å². The molecule has 0 bridgehead atoms. The first-order valence-electron chi connectivity index (χ1n) is 8.02. The Morgan fingerprint density at radius 1 is 1.09 bits per heavy atom. The topological polar surface area (TPSA) is 49.3 Å². The highest BCUT2D eigenvalue weighted by Crippen LogP contribution is 2.14. The van der Waals surface area contributed by atoms with Crippen LogP contribution >= 0.6 is 0 Å². The molecule has 23 heavy (non-hydrogen) atoms. The molecule has 0 fully saturated rings. The van der Waals surface area contributed by atoms with Gasteiger partial charge in [-0.05, 0) is 37.5 Å².